The number of hydrogen-bond acceptors (Lipinski definition) is 8. The van der Waals surface area contributed by atoms with Gasteiger partial charge in [0.25, 0.3) is 0 Å². The first kappa shape index (κ1) is 20.7. The molecule has 0 bridgehead atoms. The summed E-state index contributed by atoms with van der Waals surface area (Å²) in [5.41, 5.74) is 0. The highest BCUT2D eigenvalue weighted by Gasteiger charge is 2.32. The van der Waals surface area contributed by atoms with Gasteiger partial charge >= 0.3 is 5.97 Å². The lowest BCUT2D eigenvalue weighted by molar-refractivity contribution is -0.156. The summed E-state index contributed by atoms with van der Waals surface area (Å²) in [6.07, 6.45) is 3.56. The van der Waals surface area contributed by atoms with Gasteiger partial charge in [0.1, 0.15) is 6.04 Å². The second-order valence-corrected chi connectivity index (χ2v) is 7.16. The molecule has 2 fully saturated rings. The van der Waals surface area contributed by atoms with Gasteiger partial charge in [-0.1, -0.05) is 0 Å². The van der Waals surface area contributed by atoms with Crippen LogP contribution >= 0.6 is 0 Å². The van der Waals surface area contributed by atoms with Gasteiger partial charge < -0.3 is 14.4 Å². The number of esters is 1. The lowest BCUT2D eigenvalue weighted by Crippen LogP contribution is -2.48. The molecule has 1 aromatic heterocycles. The Morgan fingerprint density at radius 3 is 2.82 bits per heavy atom. The normalized spacial score (nSPS) is 20.9. The molecule has 3 rings (SSSR count). The quantitative estimate of drug-likeness (QED) is 0.578. The van der Waals surface area contributed by atoms with Gasteiger partial charge in [0, 0.05) is 32.6 Å². The molecule has 1 aromatic rings. The van der Waals surface area contributed by atoms with Crippen molar-refractivity contribution >= 4 is 11.9 Å². The van der Waals surface area contributed by atoms with Gasteiger partial charge in [-0.05, 0) is 43.0 Å². The van der Waals surface area contributed by atoms with Crippen LogP contribution in [0.3, 0.4) is 0 Å². The molecule has 0 radical (unpaired) electrons. The topological polar surface area (TPSA) is 103 Å². The highest BCUT2D eigenvalue weighted by Crippen LogP contribution is 2.20. The number of hydrogen-bond donors (Lipinski definition) is 0. The molecule has 0 aromatic carbocycles. The molecule has 2 aliphatic rings. The molecular weight excluding hydrogens is 364 g/mol. The second kappa shape index (κ2) is 10.5. The van der Waals surface area contributed by atoms with Crippen LogP contribution in [-0.2, 0) is 32.2 Å². The van der Waals surface area contributed by atoms with Gasteiger partial charge in [0.05, 0.1) is 26.4 Å². The number of tetrazole rings is 1. The molecule has 0 aliphatic carbocycles. The van der Waals surface area contributed by atoms with E-state index in [0.29, 0.717) is 45.5 Å². The molecular formula is C18H30N6O4. The largest absolute Gasteiger partial charge is 0.464 e. The van der Waals surface area contributed by atoms with Gasteiger partial charge in [-0.15, -0.1) is 5.10 Å². The van der Waals surface area contributed by atoms with Crippen molar-refractivity contribution in [2.75, 3.05) is 39.5 Å². The minimum absolute atomic E-state index is 0.000516. The molecule has 10 heteroatoms. The number of aryl methyl sites for hydroxylation is 1. The molecule has 0 saturated carbocycles. The Labute approximate surface area is 165 Å². The van der Waals surface area contributed by atoms with Crippen LogP contribution in [0.15, 0.2) is 0 Å². The van der Waals surface area contributed by atoms with Gasteiger partial charge in [-0.25, -0.2) is 9.48 Å². The van der Waals surface area contributed by atoms with E-state index >= 15 is 0 Å². The van der Waals surface area contributed by atoms with Crippen molar-refractivity contribution in [1.82, 2.24) is 30.0 Å². The number of carbonyl (C=O) groups is 2. The second-order valence-electron chi connectivity index (χ2n) is 7.16. The molecule has 0 N–H and O–H groups in total. The molecule has 156 valence electrons. The Balaban J connectivity index is 1.48. The van der Waals surface area contributed by atoms with Crippen molar-refractivity contribution in [3.8, 4) is 0 Å². The van der Waals surface area contributed by atoms with Gasteiger partial charge in [0.15, 0.2) is 5.82 Å². The fourth-order valence-electron chi connectivity index (χ4n) is 3.71. The summed E-state index contributed by atoms with van der Waals surface area (Å²) in [6, 6.07) is -0.439. The summed E-state index contributed by atoms with van der Waals surface area (Å²) < 4.78 is 12.3. The molecule has 3 heterocycles. The number of carbonyl (C=O) groups excluding carboxylic acids is 2. The summed E-state index contributed by atoms with van der Waals surface area (Å²) in [5, 5.41) is 12.0. The fraction of sp³-hybridized carbons (Fsp3) is 0.833. The third-order valence-corrected chi connectivity index (χ3v) is 5.22. The SMILES string of the molecule is CCOC(=O)[C@@H]1CCCCN1C(=O)CCCn1nnnc1CN1CCOCC1. The number of rotatable bonds is 8. The van der Waals surface area contributed by atoms with Gasteiger partial charge in [-0.2, -0.15) is 0 Å². The summed E-state index contributed by atoms with van der Waals surface area (Å²) in [4.78, 5) is 28.8. The lowest BCUT2D eigenvalue weighted by Gasteiger charge is -2.34. The lowest BCUT2D eigenvalue weighted by atomic mass is 10.0. The van der Waals surface area contributed by atoms with Crippen LogP contribution in [0, 0.1) is 0 Å². The van der Waals surface area contributed by atoms with E-state index in [1.807, 2.05) is 0 Å². The number of nitrogens with zero attached hydrogens (tertiary/aromatic N) is 6. The minimum Gasteiger partial charge on any atom is -0.464 e. The predicted molar refractivity (Wildman–Crippen MR) is 99.1 cm³/mol. The van der Waals surface area contributed by atoms with E-state index in [-0.39, 0.29) is 11.9 Å². The molecule has 2 aliphatic heterocycles. The van der Waals surface area contributed by atoms with Crippen molar-refractivity contribution in [3.05, 3.63) is 5.82 Å². The first-order chi connectivity index (χ1) is 13.7. The van der Waals surface area contributed by atoms with E-state index in [9.17, 15) is 9.59 Å². The minimum atomic E-state index is -0.439. The molecule has 28 heavy (non-hydrogen) atoms. The molecule has 10 nitrogen and oxygen atoms in total. The Morgan fingerprint density at radius 1 is 1.21 bits per heavy atom. The number of morpholine rings is 1. The number of likely N-dealkylation sites (tertiary alicyclic amines) is 1. The van der Waals surface area contributed by atoms with Crippen LogP contribution in [0.25, 0.3) is 0 Å². The summed E-state index contributed by atoms with van der Waals surface area (Å²) in [5.74, 6) is 0.515. The molecule has 2 saturated heterocycles. The zero-order valence-electron chi connectivity index (χ0n) is 16.6. The Morgan fingerprint density at radius 2 is 2.04 bits per heavy atom. The summed E-state index contributed by atoms with van der Waals surface area (Å²) in [6.45, 7) is 7.20. The van der Waals surface area contributed by atoms with Crippen molar-refractivity contribution in [2.45, 2.75) is 58.2 Å². The first-order valence-corrected chi connectivity index (χ1v) is 10.2. The van der Waals surface area contributed by atoms with E-state index in [2.05, 4.69) is 20.4 Å². The van der Waals surface area contributed by atoms with E-state index in [0.717, 1.165) is 45.0 Å². The van der Waals surface area contributed by atoms with Crippen LogP contribution in [0.1, 0.15) is 44.9 Å². The van der Waals surface area contributed by atoms with Gasteiger partial charge in [-0.3, -0.25) is 9.69 Å². The van der Waals surface area contributed by atoms with E-state index < -0.39 is 6.04 Å². The summed E-state index contributed by atoms with van der Waals surface area (Å²) >= 11 is 0. The van der Waals surface area contributed by atoms with Crippen LogP contribution < -0.4 is 0 Å². The molecule has 1 amide bonds. The number of aromatic nitrogens is 4. The van der Waals surface area contributed by atoms with Crippen molar-refractivity contribution < 1.29 is 19.1 Å². The highest BCUT2D eigenvalue weighted by atomic mass is 16.5. The third-order valence-electron chi connectivity index (χ3n) is 5.22. The molecule has 0 spiro atoms. The fourth-order valence-corrected chi connectivity index (χ4v) is 3.71. The van der Waals surface area contributed by atoms with Crippen LogP contribution in [-0.4, -0.2) is 87.4 Å². The maximum atomic E-state index is 12.7. The zero-order valence-corrected chi connectivity index (χ0v) is 16.6. The monoisotopic (exact) mass is 394 g/mol. The molecule has 1 atom stereocenters. The molecule has 0 unspecified atom stereocenters. The van der Waals surface area contributed by atoms with Crippen LogP contribution in [0.2, 0.25) is 0 Å². The van der Waals surface area contributed by atoms with E-state index in [1.54, 1.807) is 16.5 Å². The maximum absolute atomic E-state index is 12.7. The highest BCUT2D eigenvalue weighted by molar-refractivity contribution is 5.84. The summed E-state index contributed by atoms with van der Waals surface area (Å²) in [7, 11) is 0. The van der Waals surface area contributed by atoms with Crippen LogP contribution in [0.4, 0.5) is 0 Å². The zero-order chi connectivity index (χ0) is 19.8. The van der Waals surface area contributed by atoms with Crippen molar-refractivity contribution in [1.29, 1.82) is 0 Å². The van der Waals surface area contributed by atoms with Crippen molar-refractivity contribution in [3.63, 3.8) is 0 Å². The Bertz CT molecular complexity index is 646. The number of amides is 1. The number of piperidine rings is 1. The average molecular weight is 394 g/mol. The van der Waals surface area contributed by atoms with E-state index in [4.69, 9.17) is 9.47 Å². The Hall–Kier alpha value is -2.07. The standard InChI is InChI=1S/C18H30N6O4/c1-2-28-18(26)15-6-3-4-8-23(15)17(25)7-5-9-24-16(19-20-21-24)14-22-10-12-27-13-11-22/h15H,2-14H2,1H3/t15-/m0/s1. The maximum Gasteiger partial charge on any atom is 0.328 e. The predicted octanol–water partition coefficient (Wildman–Crippen LogP) is 0.230. The van der Waals surface area contributed by atoms with Crippen LogP contribution in [0.5, 0.6) is 0 Å². The van der Waals surface area contributed by atoms with Crippen molar-refractivity contribution in [2.24, 2.45) is 0 Å². The first-order valence-electron chi connectivity index (χ1n) is 10.2. The smallest absolute Gasteiger partial charge is 0.328 e. The van der Waals surface area contributed by atoms with E-state index in [1.165, 1.54) is 0 Å². The average Bonchev–Trinajstić information content (AvgIpc) is 3.15. The third kappa shape index (κ3) is 5.48. The number of ether oxygens (including phenoxy) is 2. The Kier molecular flexibility index (Phi) is 7.72. The van der Waals surface area contributed by atoms with Gasteiger partial charge in [0.2, 0.25) is 5.91 Å².